The van der Waals surface area contributed by atoms with Crippen molar-refractivity contribution in [2.75, 3.05) is 0 Å². The molecule has 27 heavy (non-hydrogen) atoms. The fraction of sp³-hybridized carbons (Fsp3) is 0.263. The molecule has 0 saturated heterocycles. The largest absolute Gasteiger partial charge is 0.467 e. The van der Waals surface area contributed by atoms with Gasteiger partial charge in [-0.1, -0.05) is 47.3 Å². The highest BCUT2D eigenvalue weighted by atomic mass is 32.2. The summed E-state index contributed by atoms with van der Waals surface area (Å²) in [5.74, 6) is 2.94. The normalized spacial score (nSPS) is 12.4. The predicted molar refractivity (Wildman–Crippen MR) is 100 cm³/mol. The van der Waals surface area contributed by atoms with E-state index in [-0.39, 0.29) is 5.25 Å². The van der Waals surface area contributed by atoms with Crippen LogP contribution in [0.25, 0.3) is 0 Å². The summed E-state index contributed by atoms with van der Waals surface area (Å²) >= 11 is 1.54. The summed E-state index contributed by atoms with van der Waals surface area (Å²) in [6, 6.07) is 14.1. The van der Waals surface area contributed by atoms with E-state index in [4.69, 9.17) is 8.94 Å². The molecule has 0 aliphatic carbocycles. The molecule has 138 valence electrons. The van der Waals surface area contributed by atoms with E-state index in [1.165, 1.54) is 5.56 Å². The average Bonchev–Trinajstić information content (AvgIpc) is 3.41. The third kappa shape index (κ3) is 4.11. The molecule has 3 heterocycles. The van der Waals surface area contributed by atoms with Gasteiger partial charge in [0.25, 0.3) is 0 Å². The maximum atomic E-state index is 5.53. The fourth-order valence-corrected chi connectivity index (χ4v) is 3.62. The first-order chi connectivity index (χ1) is 13.2. The molecule has 3 aromatic heterocycles. The molecule has 8 heteroatoms. The van der Waals surface area contributed by atoms with Crippen LogP contribution in [0.3, 0.4) is 0 Å². The zero-order valence-electron chi connectivity index (χ0n) is 15.1. The van der Waals surface area contributed by atoms with Gasteiger partial charge in [-0.15, -0.1) is 10.2 Å². The average molecular weight is 381 g/mol. The summed E-state index contributed by atoms with van der Waals surface area (Å²) in [4.78, 5) is 4.31. The van der Waals surface area contributed by atoms with Crippen LogP contribution < -0.4 is 0 Å². The van der Waals surface area contributed by atoms with Crippen molar-refractivity contribution in [1.29, 1.82) is 0 Å². The molecule has 0 aliphatic heterocycles. The minimum atomic E-state index is -0.0321. The number of hydrogen-bond donors (Lipinski definition) is 0. The zero-order valence-corrected chi connectivity index (χ0v) is 15.9. The second-order valence-corrected chi connectivity index (χ2v) is 7.47. The molecule has 0 amide bonds. The highest BCUT2D eigenvalue weighted by Crippen LogP contribution is 2.33. The smallest absolute Gasteiger partial charge is 0.239 e. The van der Waals surface area contributed by atoms with Crippen LogP contribution in [0.1, 0.15) is 41.0 Å². The second kappa shape index (κ2) is 7.79. The minimum Gasteiger partial charge on any atom is -0.467 e. The number of aromatic nitrogens is 5. The van der Waals surface area contributed by atoms with E-state index in [0.29, 0.717) is 24.7 Å². The van der Waals surface area contributed by atoms with E-state index < -0.39 is 0 Å². The molecule has 0 spiro atoms. The SMILES string of the molecule is Cc1noc([C@H](C)Sc2nnc(Cc3ccccc3)n2Cc2ccco2)n1. The minimum absolute atomic E-state index is 0.0321. The lowest BCUT2D eigenvalue weighted by atomic mass is 10.1. The molecule has 4 rings (SSSR count). The standard InChI is InChI=1S/C19H19N5O2S/c1-13(18-20-14(2)23-26-18)27-19-22-21-17(11-15-7-4-3-5-8-15)24(19)12-16-9-6-10-25-16/h3-10,13H,11-12H2,1-2H3/t13-/m0/s1. The molecular weight excluding hydrogens is 362 g/mol. The molecule has 0 N–H and O–H groups in total. The van der Waals surface area contributed by atoms with Crippen LogP contribution in [0.4, 0.5) is 0 Å². The first-order valence-electron chi connectivity index (χ1n) is 8.64. The number of nitrogens with zero attached hydrogens (tertiary/aromatic N) is 5. The summed E-state index contributed by atoms with van der Waals surface area (Å²) in [6.45, 7) is 4.39. The van der Waals surface area contributed by atoms with Crippen molar-refractivity contribution < 1.29 is 8.94 Å². The second-order valence-electron chi connectivity index (χ2n) is 6.17. The molecule has 0 saturated carbocycles. The van der Waals surface area contributed by atoms with E-state index in [2.05, 4.69) is 37.0 Å². The van der Waals surface area contributed by atoms with E-state index in [1.54, 1.807) is 18.0 Å². The summed E-state index contributed by atoms with van der Waals surface area (Å²) in [7, 11) is 0. The Morgan fingerprint density at radius 2 is 1.96 bits per heavy atom. The van der Waals surface area contributed by atoms with Crippen molar-refractivity contribution in [2.24, 2.45) is 0 Å². The van der Waals surface area contributed by atoms with Gasteiger partial charge in [0.1, 0.15) is 11.6 Å². The lowest BCUT2D eigenvalue weighted by molar-refractivity contribution is 0.376. The van der Waals surface area contributed by atoms with E-state index in [1.807, 2.05) is 44.2 Å². The molecule has 0 aliphatic rings. The van der Waals surface area contributed by atoms with Gasteiger partial charge in [0, 0.05) is 6.42 Å². The third-order valence-electron chi connectivity index (χ3n) is 4.07. The van der Waals surface area contributed by atoms with Crippen molar-refractivity contribution in [1.82, 2.24) is 24.9 Å². The Morgan fingerprint density at radius 3 is 2.67 bits per heavy atom. The maximum absolute atomic E-state index is 5.53. The number of benzene rings is 1. The monoisotopic (exact) mass is 381 g/mol. The fourth-order valence-electron chi connectivity index (χ4n) is 2.72. The molecule has 1 atom stereocenters. The van der Waals surface area contributed by atoms with Gasteiger partial charge in [0.2, 0.25) is 5.89 Å². The highest BCUT2D eigenvalue weighted by Gasteiger charge is 2.21. The van der Waals surface area contributed by atoms with Crippen LogP contribution in [-0.4, -0.2) is 24.9 Å². The predicted octanol–water partition coefficient (Wildman–Crippen LogP) is 4.05. The number of thioether (sulfide) groups is 1. The third-order valence-corrected chi connectivity index (χ3v) is 5.13. The highest BCUT2D eigenvalue weighted by molar-refractivity contribution is 7.99. The topological polar surface area (TPSA) is 82.8 Å². The van der Waals surface area contributed by atoms with Crippen molar-refractivity contribution in [2.45, 2.75) is 37.2 Å². The number of hydrogen-bond acceptors (Lipinski definition) is 7. The summed E-state index contributed by atoms with van der Waals surface area (Å²) in [5.41, 5.74) is 1.18. The summed E-state index contributed by atoms with van der Waals surface area (Å²) in [6.07, 6.45) is 2.37. The summed E-state index contributed by atoms with van der Waals surface area (Å²) < 4.78 is 12.9. The Labute approximate surface area is 160 Å². The Hall–Kier alpha value is -2.87. The lowest BCUT2D eigenvalue weighted by Crippen LogP contribution is -2.07. The van der Waals surface area contributed by atoms with Crippen molar-refractivity contribution >= 4 is 11.8 Å². The number of aryl methyl sites for hydroxylation is 1. The van der Waals surface area contributed by atoms with Gasteiger partial charge >= 0.3 is 0 Å². The van der Waals surface area contributed by atoms with E-state index >= 15 is 0 Å². The van der Waals surface area contributed by atoms with E-state index in [9.17, 15) is 0 Å². The van der Waals surface area contributed by atoms with Crippen molar-refractivity contribution in [3.63, 3.8) is 0 Å². The Morgan fingerprint density at radius 1 is 1.11 bits per heavy atom. The number of rotatable bonds is 7. The Kier molecular flexibility index (Phi) is 5.06. The molecular formula is C19H19N5O2S. The van der Waals surface area contributed by atoms with Crippen LogP contribution in [-0.2, 0) is 13.0 Å². The van der Waals surface area contributed by atoms with E-state index in [0.717, 1.165) is 16.7 Å². The zero-order chi connectivity index (χ0) is 18.6. The van der Waals surface area contributed by atoms with Gasteiger partial charge in [0.15, 0.2) is 11.0 Å². The van der Waals surface area contributed by atoms with Gasteiger partial charge in [-0.25, -0.2) is 0 Å². The van der Waals surface area contributed by atoms with Crippen LogP contribution in [0.2, 0.25) is 0 Å². The van der Waals surface area contributed by atoms with Gasteiger partial charge < -0.3 is 8.94 Å². The molecule has 0 fully saturated rings. The molecule has 0 unspecified atom stereocenters. The summed E-state index contributed by atoms with van der Waals surface area (Å²) in [5, 5.41) is 13.5. The Balaban J connectivity index is 1.61. The molecule has 7 nitrogen and oxygen atoms in total. The van der Waals surface area contributed by atoms with Crippen molar-refractivity contribution in [3.05, 3.63) is 77.6 Å². The van der Waals surface area contributed by atoms with Gasteiger partial charge in [-0.2, -0.15) is 4.98 Å². The van der Waals surface area contributed by atoms with Gasteiger partial charge in [0.05, 0.1) is 18.1 Å². The molecule has 1 aromatic carbocycles. The van der Waals surface area contributed by atoms with Crippen LogP contribution in [0.5, 0.6) is 0 Å². The maximum Gasteiger partial charge on any atom is 0.239 e. The van der Waals surface area contributed by atoms with Crippen LogP contribution >= 0.6 is 11.8 Å². The van der Waals surface area contributed by atoms with Gasteiger partial charge in [-0.3, -0.25) is 4.57 Å². The van der Waals surface area contributed by atoms with Crippen molar-refractivity contribution in [3.8, 4) is 0 Å². The lowest BCUT2D eigenvalue weighted by Gasteiger charge is -2.10. The first kappa shape index (κ1) is 17.5. The molecule has 0 bridgehead atoms. The first-order valence-corrected chi connectivity index (χ1v) is 9.52. The molecule has 0 radical (unpaired) electrons. The van der Waals surface area contributed by atoms with Crippen LogP contribution in [0, 0.1) is 6.92 Å². The Bertz CT molecular complexity index is 994. The van der Waals surface area contributed by atoms with Crippen LogP contribution in [0.15, 0.2) is 62.8 Å². The van der Waals surface area contributed by atoms with Gasteiger partial charge in [-0.05, 0) is 31.5 Å². The quantitative estimate of drug-likeness (QED) is 0.447. The number of furan rings is 1. The molecule has 4 aromatic rings.